The highest BCUT2D eigenvalue weighted by molar-refractivity contribution is 6.03. The number of fused-ring (bicyclic) bond motifs is 1. The van der Waals surface area contributed by atoms with Gasteiger partial charge in [-0.15, -0.1) is 0 Å². The summed E-state index contributed by atoms with van der Waals surface area (Å²) in [6.07, 6.45) is 3.90. The first kappa shape index (κ1) is 24.3. The van der Waals surface area contributed by atoms with E-state index in [0.717, 1.165) is 11.1 Å². The Kier molecular flexibility index (Phi) is 5.69. The summed E-state index contributed by atoms with van der Waals surface area (Å²) in [6, 6.07) is 7.48. The first-order chi connectivity index (χ1) is 17.5. The van der Waals surface area contributed by atoms with Crippen molar-refractivity contribution in [2.45, 2.75) is 39.8 Å². The van der Waals surface area contributed by atoms with Crippen LogP contribution in [0.3, 0.4) is 0 Å². The van der Waals surface area contributed by atoms with Gasteiger partial charge in [0, 0.05) is 48.6 Å². The minimum Gasteiger partial charge on any atom is -0.382 e. The zero-order valence-electron chi connectivity index (χ0n) is 20.8. The molecule has 4 heterocycles. The Bertz CT molecular complexity index is 1540. The molecule has 4 aromatic rings. The van der Waals surface area contributed by atoms with E-state index in [4.69, 9.17) is 5.73 Å². The molecule has 0 radical (unpaired) electrons. The van der Waals surface area contributed by atoms with Crippen molar-refractivity contribution in [1.82, 2.24) is 29.3 Å². The average molecular weight is 509 g/mol. The zero-order chi connectivity index (χ0) is 26.6. The molecule has 3 aromatic heterocycles. The van der Waals surface area contributed by atoms with Gasteiger partial charge in [0.2, 0.25) is 5.91 Å². The lowest BCUT2D eigenvalue weighted by Gasteiger charge is -2.45. The second-order valence-corrected chi connectivity index (χ2v) is 9.52. The fraction of sp³-hybridized carbons (Fsp3) is 0.320. The summed E-state index contributed by atoms with van der Waals surface area (Å²) in [5.41, 5.74) is 9.61. The quantitative estimate of drug-likeness (QED) is 0.451. The van der Waals surface area contributed by atoms with E-state index in [1.807, 2.05) is 25.1 Å². The smallest absolute Gasteiger partial charge is 0.333 e. The average Bonchev–Trinajstić information content (AvgIpc) is 3.47. The largest absolute Gasteiger partial charge is 0.382 e. The minimum atomic E-state index is -2.78. The van der Waals surface area contributed by atoms with Crippen LogP contribution < -0.4 is 10.6 Å². The summed E-state index contributed by atoms with van der Waals surface area (Å²) in [7, 11) is 0. The second-order valence-electron chi connectivity index (χ2n) is 9.52. The van der Waals surface area contributed by atoms with E-state index < -0.39 is 12.1 Å². The highest BCUT2D eigenvalue weighted by atomic mass is 19.3. The number of hydrogen-bond donors (Lipinski definition) is 1. The maximum absolute atomic E-state index is 13.5. The number of amides is 2. The second kappa shape index (κ2) is 8.64. The number of nitrogen functional groups attached to an aromatic ring is 1. The molecule has 1 aliphatic rings. The van der Waals surface area contributed by atoms with Crippen molar-refractivity contribution in [3.05, 3.63) is 48.5 Å². The third kappa shape index (κ3) is 3.88. The van der Waals surface area contributed by atoms with Crippen molar-refractivity contribution in [3.8, 4) is 22.4 Å². The van der Waals surface area contributed by atoms with E-state index in [0.29, 0.717) is 45.8 Å². The SMILES string of the molecule is CC(=O)N1CCN(c2cc(-c3cc(-c4cnn(C(F)F)c4)c4c(N)ncnn34)ccc2C)C(=O)C1(C)C. The van der Waals surface area contributed by atoms with Crippen LogP contribution in [-0.2, 0) is 9.59 Å². The first-order valence-corrected chi connectivity index (χ1v) is 11.7. The van der Waals surface area contributed by atoms with Crippen molar-refractivity contribution < 1.29 is 18.4 Å². The lowest BCUT2D eigenvalue weighted by Crippen LogP contribution is -2.64. The molecule has 0 atom stereocenters. The van der Waals surface area contributed by atoms with Crippen molar-refractivity contribution in [3.63, 3.8) is 0 Å². The summed E-state index contributed by atoms with van der Waals surface area (Å²) >= 11 is 0. The summed E-state index contributed by atoms with van der Waals surface area (Å²) in [6.45, 7) is 4.85. The van der Waals surface area contributed by atoms with Gasteiger partial charge in [-0.25, -0.2) is 14.2 Å². The lowest BCUT2D eigenvalue weighted by molar-refractivity contribution is -0.145. The number of carbonyl (C=O) groups is 2. The standard InChI is InChI=1S/C25H26F2N8O2/c1-14-5-6-16(9-19(14)32-7-8-33(15(2)36)25(3,4)23(32)37)20-10-18(17-11-30-34(12-17)24(26)27)21-22(28)29-13-31-35(20)21/h5-6,9-13,24H,7-8H2,1-4H3,(H2,28,29,31). The zero-order valence-corrected chi connectivity index (χ0v) is 20.8. The van der Waals surface area contributed by atoms with Gasteiger partial charge in [0.1, 0.15) is 17.4 Å². The third-order valence-corrected chi connectivity index (χ3v) is 6.86. The van der Waals surface area contributed by atoms with Crippen molar-refractivity contribution >= 4 is 28.8 Å². The van der Waals surface area contributed by atoms with Crippen LogP contribution in [0.15, 0.2) is 43.0 Å². The van der Waals surface area contributed by atoms with E-state index in [1.165, 1.54) is 25.6 Å². The number of alkyl halides is 2. The van der Waals surface area contributed by atoms with E-state index >= 15 is 0 Å². The molecule has 1 saturated heterocycles. The van der Waals surface area contributed by atoms with Gasteiger partial charge in [-0.2, -0.15) is 19.0 Å². The summed E-state index contributed by atoms with van der Waals surface area (Å²) in [5, 5.41) is 8.11. The molecule has 192 valence electrons. The van der Waals surface area contributed by atoms with Gasteiger partial charge in [0.05, 0.1) is 11.9 Å². The molecule has 0 unspecified atom stereocenters. The molecule has 10 nitrogen and oxygen atoms in total. The number of rotatable bonds is 4. The van der Waals surface area contributed by atoms with Gasteiger partial charge in [0.25, 0.3) is 5.91 Å². The van der Waals surface area contributed by atoms with Gasteiger partial charge >= 0.3 is 6.55 Å². The van der Waals surface area contributed by atoms with E-state index in [-0.39, 0.29) is 17.6 Å². The van der Waals surface area contributed by atoms with Crippen LogP contribution in [0.25, 0.3) is 27.9 Å². The Balaban J connectivity index is 1.63. The van der Waals surface area contributed by atoms with Crippen molar-refractivity contribution in [2.75, 3.05) is 23.7 Å². The van der Waals surface area contributed by atoms with E-state index in [2.05, 4.69) is 15.2 Å². The van der Waals surface area contributed by atoms with Crippen LogP contribution in [0.5, 0.6) is 0 Å². The van der Waals surface area contributed by atoms with E-state index in [1.54, 1.807) is 34.2 Å². The van der Waals surface area contributed by atoms with Crippen LogP contribution in [0.4, 0.5) is 20.3 Å². The van der Waals surface area contributed by atoms with Crippen molar-refractivity contribution in [2.24, 2.45) is 0 Å². The number of carbonyl (C=O) groups excluding carboxylic acids is 2. The van der Waals surface area contributed by atoms with Gasteiger partial charge < -0.3 is 15.5 Å². The summed E-state index contributed by atoms with van der Waals surface area (Å²) in [4.78, 5) is 32.9. The molecule has 12 heteroatoms. The molecule has 2 amide bonds. The van der Waals surface area contributed by atoms with Crippen LogP contribution in [0.1, 0.15) is 32.9 Å². The maximum Gasteiger partial charge on any atom is 0.333 e. The van der Waals surface area contributed by atoms with Crippen LogP contribution in [0.2, 0.25) is 0 Å². The summed E-state index contributed by atoms with van der Waals surface area (Å²) < 4.78 is 28.5. The normalized spacial score (nSPS) is 15.7. The number of nitrogens with two attached hydrogens (primary N) is 1. The molecule has 1 aromatic carbocycles. The molecule has 2 N–H and O–H groups in total. The molecule has 0 saturated carbocycles. The molecule has 37 heavy (non-hydrogen) atoms. The predicted molar refractivity (Wildman–Crippen MR) is 134 cm³/mol. The number of piperazine rings is 1. The number of nitrogens with zero attached hydrogens (tertiary/aromatic N) is 7. The Hall–Kier alpha value is -4.35. The number of benzene rings is 1. The topological polar surface area (TPSA) is 115 Å². The van der Waals surface area contributed by atoms with Gasteiger partial charge in [-0.05, 0) is 38.5 Å². The fourth-order valence-electron chi connectivity index (χ4n) is 4.94. The molecule has 0 bridgehead atoms. The maximum atomic E-state index is 13.5. The number of aryl methyl sites for hydroxylation is 1. The minimum absolute atomic E-state index is 0.150. The Labute approximate surface area is 211 Å². The number of halogens is 2. The fourth-order valence-corrected chi connectivity index (χ4v) is 4.94. The van der Waals surface area contributed by atoms with Crippen LogP contribution >= 0.6 is 0 Å². The number of aromatic nitrogens is 5. The Morgan fingerprint density at radius 2 is 1.89 bits per heavy atom. The molecule has 0 spiro atoms. The third-order valence-electron chi connectivity index (χ3n) is 6.86. The highest BCUT2D eigenvalue weighted by Gasteiger charge is 2.43. The predicted octanol–water partition coefficient (Wildman–Crippen LogP) is 3.52. The van der Waals surface area contributed by atoms with Gasteiger partial charge in [-0.3, -0.25) is 9.59 Å². The van der Waals surface area contributed by atoms with E-state index in [9.17, 15) is 18.4 Å². The van der Waals surface area contributed by atoms with Gasteiger partial charge in [0.15, 0.2) is 5.82 Å². The highest BCUT2D eigenvalue weighted by Crippen LogP contribution is 2.37. The summed E-state index contributed by atoms with van der Waals surface area (Å²) in [5.74, 6) is -0.144. The molecular weight excluding hydrogens is 482 g/mol. The number of anilines is 2. The molecule has 0 aliphatic carbocycles. The molecule has 1 aliphatic heterocycles. The number of hydrogen-bond acceptors (Lipinski definition) is 6. The molecule has 5 rings (SSSR count). The van der Waals surface area contributed by atoms with Crippen LogP contribution in [-0.4, -0.2) is 59.7 Å². The van der Waals surface area contributed by atoms with Gasteiger partial charge in [-0.1, -0.05) is 12.1 Å². The first-order valence-electron chi connectivity index (χ1n) is 11.7. The van der Waals surface area contributed by atoms with Crippen LogP contribution in [0, 0.1) is 6.92 Å². The monoisotopic (exact) mass is 508 g/mol. The lowest BCUT2D eigenvalue weighted by atomic mass is 9.95. The van der Waals surface area contributed by atoms with Crippen molar-refractivity contribution in [1.29, 1.82) is 0 Å². The molecular formula is C25H26F2N8O2. The Morgan fingerprint density at radius 1 is 1.14 bits per heavy atom. The Morgan fingerprint density at radius 3 is 2.57 bits per heavy atom. The molecule has 1 fully saturated rings.